The highest BCUT2D eigenvalue weighted by atomic mass is 35.5. The van der Waals surface area contributed by atoms with Gasteiger partial charge in [-0.05, 0) is 25.1 Å². The summed E-state index contributed by atoms with van der Waals surface area (Å²) in [6.45, 7) is 1.83. The number of nitrogen functional groups attached to an aromatic ring is 1. The quantitative estimate of drug-likeness (QED) is 0.582. The Morgan fingerprint density at radius 3 is 3.05 bits per heavy atom. The summed E-state index contributed by atoms with van der Waals surface area (Å²) in [6.07, 6.45) is 0.338. The number of thioether (sulfide) groups is 1. The number of aryl methyl sites for hydroxylation is 1. The van der Waals surface area contributed by atoms with Crippen LogP contribution in [0.5, 0.6) is 0 Å². The van der Waals surface area contributed by atoms with E-state index in [0.717, 1.165) is 5.82 Å². The maximum absolute atomic E-state index is 11.8. The Hall–Kier alpha value is -1.73. The van der Waals surface area contributed by atoms with Gasteiger partial charge in [-0.1, -0.05) is 23.4 Å². The van der Waals surface area contributed by atoms with E-state index in [0.29, 0.717) is 33.7 Å². The summed E-state index contributed by atoms with van der Waals surface area (Å²) in [6, 6.07) is 4.96. The Balaban J connectivity index is 1.82. The van der Waals surface area contributed by atoms with Gasteiger partial charge in [0.05, 0.1) is 11.4 Å². The van der Waals surface area contributed by atoms with E-state index in [1.807, 2.05) is 6.92 Å². The smallest absolute Gasteiger partial charge is 0.225 e. The third-order valence-corrected chi connectivity index (χ3v) is 3.51. The van der Waals surface area contributed by atoms with Crippen molar-refractivity contribution in [3.05, 3.63) is 29.0 Å². The molecule has 2 aromatic rings. The van der Waals surface area contributed by atoms with E-state index in [2.05, 4.69) is 20.5 Å². The lowest BCUT2D eigenvalue weighted by Crippen LogP contribution is -2.13. The van der Waals surface area contributed by atoms with Crippen LogP contribution in [0.2, 0.25) is 5.02 Å². The molecule has 0 saturated carbocycles. The standard InChI is InChI=1S/C12H14ClN5OS/c1-7-15-12(18-17-7)20-5-4-11(19)16-10-6-8(13)2-3-9(10)14/h2-3,6H,4-5,14H2,1H3,(H,16,19)(H,15,17,18). The van der Waals surface area contributed by atoms with Crippen LogP contribution in [0.15, 0.2) is 23.4 Å². The summed E-state index contributed by atoms with van der Waals surface area (Å²) in [4.78, 5) is 15.9. The molecule has 1 amide bonds. The second kappa shape index (κ2) is 6.62. The van der Waals surface area contributed by atoms with E-state index in [9.17, 15) is 4.79 Å². The number of hydrogen-bond acceptors (Lipinski definition) is 5. The van der Waals surface area contributed by atoms with Gasteiger partial charge in [-0.15, -0.1) is 5.10 Å². The van der Waals surface area contributed by atoms with Gasteiger partial charge < -0.3 is 11.1 Å². The molecule has 0 radical (unpaired) electrons. The van der Waals surface area contributed by atoms with Crippen LogP contribution < -0.4 is 11.1 Å². The molecule has 1 aromatic carbocycles. The predicted octanol–water partition coefficient (Wildman–Crippen LogP) is 2.47. The minimum atomic E-state index is -0.126. The molecule has 0 aliphatic heterocycles. The zero-order chi connectivity index (χ0) is 14.5. The van der Waals surface area contributed by atoms with Gasteiger partial charge in [0.15, 0.2) is 0 Å². The van der Waals surface area contributed by atoms with Gasteiger partial charge in [0.1, 0.15) is 5.82 Å². The van der Waals surface area contributed by atoms with Gasteiger partial charge in [-0.2, -0.15) is 0 Å². The summed E-state index contributed by atoms with van der Waals surface area (Å²) in [5, 5.41) is 10.6. The fraction of sp³-hybridized carbons (Fsp3) is 0.250. The molecule has 20 heavy (non-hydrogen) atoms. The van der Waals surface area contributed by atoms with Crippen molar-refractivity contribution >= 4 is 40.6 Å². The number of nitrogens with two attached hydrogens (primary N) is 1. The Morgan fingerprint density at radius 1 is 1.55 bits per heavy atom. The number of carbonyl (C=O) groups excluding carboxylic acids is 1. The number of benzene rings is 1. The second-order valence-corrected chi connectivity index (χ2v) is 5.58. The first-order chi connectivity index (χ1) is 9.54. The summed E-state index contributed by atoms with van der Waals surface area (Å²) in [5.41, 5.74) is 6.77. The number of halogens is 1. The van der Waals surface area contributed by atoms with Gasteiger partial charge in [-0.3, -0.25) is 9.89 Å². The van der Waals surface area contributed by atoms with Crippen LogP contribution >= 0.6 is 23.4 Å². The van der Waals surface area contributed by atoms with E-state index < -0.39 is 0 Å². The van der Waals surface area contributed by atoms with Crippen LogP contribution in [-0.2, 0) is 4.79 Å². The molecule has 1 aromatic heterocycles. The number of carbonyl (C=O) groups is 1. The monoisotopic (exact) mass is 311 g/mol. The van der Waals surface area contributed by atoms with Crippen LogP contribution in [0.25, 0.3) is 0 Å². The molecule has 0 unspecified atom stereocenters. The SMILES string of the molecule is Cc1nc(SCCC(=O)Nc2cc(Cl)ccc2N)n[nH]1. The van der Waals surface area contributed by atoms with Gasteiger partial charge >= 0.3 is 0 Å². The number of anilines is 2. The van der Waals surface area contributed by atoms with Crippen molar-refractivity contribution in [2.75, 3.05) is 16.8 Å². The summed E-state index contributed by atoms with van der Waals surface area (Å²) < 4.78 is 0. The average molecular weight is 312 g/mol. The number of hydrogen-bond donors (Lipinski definition) is 3. The normalized spacial score (nSPS) is 10.5. The van der Waals surface area contributed by atoms with Gasteiger partial charge in [0, 0.05) is 17.2 Å². The Morgan fingerprint density at radius 2 is 2.35 bits per heavy atom. The first-order valence-electron chi connectivity index (χ1n) is 5.91. The van der Waals surface area contributed by atoms with Crippen molar-refractivity contribution < 1.29 is 4.79 Å². The number of rotatable bonds is 5. The highest BCUT2D eigenvalue weighted by molar-refractivity contribution is 7.99. The van der Waals surface area contributed by atoms with Crippen LogP contribution in [0, 0.1) is 6.92 Å². The third kappa shape index (κ3) is 4.14. The highest BCUT2D eigenvalue weighted by Crippen LogP contribution is 2.23. The van der Waals surface area contributed by atoms with Crippen molar-refractivity contribution in [1.29, 1.82) is 0 Å². The molecule has 0 aliphatic rings. The molecule has 0 bridgehead atoms. The Bertz CT molecular complexity index is 616. The van der Waals surface area contributed by atoms with E-state index in [1.165, 1.54) is 11.8 Å². The van der Waals surface area contributed by atoms with Crippen LogP contribution in [0.3, 0.4) is 0 Å². The minimum Gasteiger partial charge on any atom is -0.397 e. The minimum absolute atomic E-state index is 0.126. The maximum Gasteiger partial charge on any atom is 0.225 e. The van der Waals surface area contributed by atoms with Crippen LogP contribution in [0.4, 0.5) is 11.4 Å². The van der Waals surface area contributed by atoms with Gasteiger partial charge in [0.25, 0.3) is 0 Å². The number of amides is 1. The number of nitrogens with zero attached hydrogens (tertiary/aromatic N) is 2. The van der Waals surface area contributed by atoms with Crippen LogP contribution in [-0.4, -0.2) is 26.8 Å². The fourth-order valence-electron chi connectivity index (χ4n) is 1.47. The van der Waals surface area contributed by atoms with E-state index >= 15 is 0 Å². The Labute approximate surface area is 125 Å². The number of aromatic amines is 1. The Kier molecular flexibility index (Phi) is 4.86. The molecule has 0 aliphatic carbocycles. The van der Waals surface area contributed by atoms with E-state index in [-0.39, 0.29) is 5.91 Å². The molecule has 2 rings (SSSR count). The summed E-state index contributed by atoms with van der Waals surface area (Å²) in [7, 11) is 0. The lowest BCUT2D eigenvalue weighted by Gasteiger charge is -2.08. The van der Waals surface area contributed by atoms with Crippen molar-refractivity contribution in [1.82, 2.24) is 15.2 Å². The zero-order valence-corrected chi connectivity index (χ0v) is 12.4. The second-order valence-electron chi connectivity index (χ2n) is 4.08. The summed E-state index contributed by atoms with van der Waals surface area (Å²) >= 11 is 7.27. The third-order valence-electron chi connectivity index (χ3n) is 2.43. The zero-order valence-electron chi connectivity index (χ0n) is 10.8. The van der Waals surface area contributed by atoms with Gasteiger partial charge in [0.2, 0.25) is 11.1 Å². The van der Waals surface area contributed by atoms with Crippen molar-refractivity contribution in [2.45, 2.75) is 18.5 Å². The van der Waals surface area contributed by atoms with Gasteiger partial charge in [-0.25, -0.2) is 4.98 Å². The molecule has 0 atom stereocenters. The van der Waals surface area contributed by atoms with Crippen molar-refractivity contribution in [2.24, 2.45) is 0 Å². The number of nitrogens with one attached hydrogen (secondary N) is 2. The first kappa shape index (κ1) is 14.7. The lowest BCUT2D eigenvalue weighted by molar-refractivity contribution is -0.115. The molecular weight excluding hydrogens is 298 g/mol. The largest absolute Gasteiger partial charge is 0.397 e. The molecule has 4 N–H and O–H groups in total. The maximum atomic E-state index is 11.8. The average Bonchev–Trinajstić information content (AvgIpc) is 2.80. The van der Waals surface area contributed by atoms with E-state index in [1.54, 1.807) is 18.2 Å². The molecule has 106 valence electrons. The highest BCUT2D eigenvalue weighted by Gasteiger charge is 2.07. The molecular formula is C12H14ClN5OS. The lowest BCUT2D eigenvalue weighted by atomic mass is 10.2. The van der Waals surface area contributed by atoms with Crippen molar-refractivity contribution in [3.8, 4) is 0 Å². The number of aromatic nitrogens is 3. The van der Waals surface area contributed by atoms with E-state index in [4.69, 9.17) is 17.3 Å². The molecule has 0 saturated heterocycles. The first-order valence-corrected chi connectivity index (χ1v) is 7.27. The number of H-pyrrole nitrogens is 1. The topological polar surface area (TPSA) is 96.7 Å². The molecule has 0 fully saturated rings. The van der Waals surface area contributed by atoms with Crippen molar-refractivity contribution in [3.63, 3.8) is 0 Å². The fourth-order valence-corrected chi connectivity index (χ4v) is 2.43. The predicted molar refractivity (Wildman–Crippen MR) is 81.0 cm³/mol. The molecule has 0 spiro atoms. The molecule has 6 nitrogen and oxygen atoms in total. The molecule has 8 heteroatoms. The summed E-state index contributed by atoms with van der Waals surface area (Å²) in [5.74, 6) is 1.21. The molecule has 1 heterocycles. The van der Waals surface area contributed by atoms with Crippen LogP contribution in [0.1, 0.15) is 12.2 Å².